The van der Waals surface area contributed by atoms with Gasteiger partial charge in [-0.05, 0) is 31.6 Å². The maximum atomic E-state index is 12.7. The van der Waals surface area contributed by atoms with Crippen LogP contribution < -0.4 is 5.32 Å². The van der Waals surface area contributed by atoms with Crippen molar-refractivity contribution in [2.75, 3.05) is 19.6 Å². The molecule has 0 bridgehead atoms. The molecule has 3 amide bonds. The standard InChI is InChI=1S/C19H29N3O4/c23-16-9-14(11-22(16)15-6-2-1-3-7-15)20-18(26)21-10-13-5-4-8-19(13,12-21)17(24)25/h13-15H,1-12H2,(H,20,26)(H,24,25)/t13-,14?,19+/m0/s1. The third-order valence-electron chi connectivity index (χ3n) is 7.09. The van der Waals surface area contributed by atoms with Gasteiger partial charge in [0.1, 0.15) is 0 Å². The van der Waals surface area contributed by atoms with E-state index in [-0.39, 0.29) is 23.9 Å². The number of likely N-dealkylation sites (tertiary alicyclic amines) is 2. The molecule has 0 aromatic rings. The van der Waals surface area contributed by atoms with Crippen molar-refractivity contribution in [2.24, 2.45) is 11.3 Å². The third kappa shape index (κ3) is 2.95. The fourth-order valence-electron chi connectivity index (χ4n) is 5.63. The fourth-order valence-corrected chi connectivity index (χ4v) is 5.63. The Hall–Kier alpha value is -1.79. The van der Waals surface area contributed by atoms with Gasteiger partial charge in [-0.25, -0.2) is 4.79 Å². The van der Waals surface area contributed by atoms with Crippen LogP contribution >= 0.6 is 0 Å². The van der Waals surface area contributed by atoms with Crippen molar-refractivity contribution in [3.05, 3.63) is 0 Å². The van der Waals surface area contributed by atoms with Crippen molar-refractivity contribution < 1.29 is 19.5 Å². The summed E-state index contributed by atoms with van der Waals surface area (Å²) in [5.41, 5.74) is -0.753. The summed E-state index contributed by atoms with van der Waals surface area (Å²) >= 11 is 0. The second-order valence-corrected chi connectivity index (χ2v) is 8.62. The third-order valence-corrected chi connectivity index (χ3v) is 7.09. The molecule has 4 fully saturated rings. The van der Waals surface area contributed by atoms with E-state index in [1.54, 1.807) is 4.90 Å². The SMILES string of the molecule is O=C(NC1CC(=O)N(C2CCCCC2)C1)N1C[C@@H]2CCC[C@@]2(C(=O)O)C1. The largest absolute Gasteiger partial charge is 0.481 e. The number of nitrogens with zero attached hydrogens (tertiary/aromatic N) is 2. The predicted octanol–water partition coefficient (Wildman–Crippen LogP) is 1.82. The van der Waals surface area contributed by atoms with Crippen molar-refractivity contribution in [2.45, 2.75) is 69.9 Å². The number of aliphatic carboxylic acids is 1. The minimum absolute atomic E-state index is 0.0645. The molecule has 0 aromatic heterocycles. The van der Waals surface area contributed by atoms with E-state index in [4.69, 9.17) is 0 Å². The van der Waals surface area contributed by atoms with Gasteiger partial charge in [0.05, 0.1) is 11.5 Å². The molecule has 2 heterocycles. The lowest BCUT2D eigenvalue weighted by Gasteiger charge is -2.31. The summed E-state index contributed by atoms with van der Waals surface area (Å²) in [6.45, 7) is 1.41. The molecule has 0 spiro atoms. The molecule has 2 aliphatic carbocycles. The number of nitrogens with one attached hydrogen (secondary N) is 1. The normalized spacial score (nSPS) is 35.0. The summed E-state index contributed by atoms with van der Waals surface area (Å²) < 4.78 is 0. The smallest absolute Gasteiger partial charge is 0.317 e. The first-order valence-electron chi connectivity index (χ1n) is 10.1. The lowest BCUT2D eigenvalue weighted by molar-refractivity contribution is -0.149. The monoisotopic (exact) mass is 363 g/mol. The molecule has 2 saturated heterocycles. The average molecular weight is 363 g/mol. The van der Waals surface area contributed by atoms with Crippen LogP contribution in [0.1, 0.15) is 57.8 Å². The lowest BCUT2D eigenvalue weighted by atomic mass is 9.81. The van der Waals surface area contributed by atoms with Gasteiger partial charge in [0, 0.05) is 32.1 Å². The molecule has 144 valence electrons. The number of amides is 3. The predicted molar refractivity (Wildman–Crippen MR) is 94.5 cm³/mol. The lowest BCUT2D eigenvalue weighted by Crippen LogP contribution is -2.47. The number of hydrogen-bond acceptors (Lipinski definition) is 3. The Morgan fingerprint density at radius 1 is 1.08 bits per heavy atom. The summed E-state index contributed by atoms with van der Waals surface area (Å²) in [6.07, 6.45) is 8.59. The number of rotatable bonds is 3. The van der Waals surface area contributed by atoms with Crippen LogP contribution in [0.15, 0.2) is 0 Å². The van der Waals surface area contributed by atoms with Crippen molar-refractivity contribution in [3.63, 3.8) is 0 Å². The first-order valence-corrected chi connectivity index (χ1v) is 10.1. The number of carboxylic acids is 1. The van der Waals surface area contributed by atoms with E-state index in [0.29, 0.717) is 38.5 Å². The zero-order valence-corrected chi connectivity index (χ0v) is 15.3. The number of fused-ring (bicyclic) bond motifs is 1. The van der Waals surface area contributed by atoms with Crippen LogP contribution in [0.4, 0.5) is 4.79 Å². The fraction of sp³-hybridized carbons (Fsp3) is 0.842. The Kier molecular flexibility index (Phi) is 4.57. The minimum atomic E-state index is -0.769. The van der Waals surface area contributed by atoms with Gasteiger partial charge >= 0.3 is 12.0 Å². The second kappa shape index (κ2) is 6.74. The highest BCUT2D eigenvalue weighted by atomic mass is 16.4. The maximum absolute atomic E-state index is 12.7. The number of carbonyl (C=O) groups is 3. The number of hydrogen-bond donors (Lipinski definition) is 2. The van der Waals surface area contributed by atoms with E-state index >= 15 is 0 Å². The molecule has 3 atom stereocenters. The molecule has 4 rings (SSSR count). The Morgan fingerprint density at radius 2 is 1.85 bits per heavy atom. The summed E-state index contributed by atoms with van der Waals surface area (Å²) in [7, 11) is 0. The van der Waals surface area contributed by atoms with E-state index in [2.05, 4.69) is 5.32 Å². The second-order valence-electron chi connectivity index (χ2n) is 8.62. The Labute approximate surface area is 154 Å². The van der Waals surface area contributed by atoms with Crippen molar-refractivity contribution in [1.82, 2.24) is 15.1 Å². The molecule has 4 aliphatic rings. The van der Waals surface area contributed by atoms with Crippen molar-refractivity contribution in [3.8, 4) is 0 Å². The van der Waals surface area contributed by atoms with E-state index in [1.165, 1.54) is 19.3 Å². The van der Waals surface area contributed by atoms with Crippen LogP contribution in [-0.4, -0.2) is 64.5 Å². The molecule has 1 unspecified atom stereocenters. The van der Waals surface area contributed by atoms with Gasteiger partial charge in [0.15, 0.2) is 0 Å². The highest BCUT2D eigenvalue weighted by Crippen LogP contribution is 2.48. The van der Waals surface area contributed by atoms with E-state index in [1.807, 2.05) is 4.90 Å². The van der Waals surface area contributed by atoms with Gasteiger partial charge in [-0.2, -0.15) is 0 Å². The quantitative estimate of drug-likeness (QED) is 0.800. The molecular weight excluding hydrogens is 334 g/mol. The van der Waals surface area contributed by atoms with Crippen LogP contribution in [0.25, 0.3) is 0 Å². The van der Waals surface area contributed by atoms with E-state index in [9.17, 15) is 19.5 Å². The topological polar surface area (TPSA) is 90.0 Å². The molecule has 2 N–H and O–H groups in total. The minimum Gasteiger partial charge on any atom is -0.481 e. The van der Waals surface area contributed by atoms with E-state index < -0.39 is 11.4 Å². The first-order chi connectivity index (χ1) is 12.5. The maximum Gasteiger partial charge on any atom is 0.317 e. The molecule has 0 aromatic carbocycles. The summed E-state index contributed by atoms with van der Waals surface area (Å²) in [4.78, 5) is 40.4. The van der Waals surface area contributed by atoms with Crippen molar-refractivity contribution in [1.29, 1.82) is 0 Å². The zero-order chi connectivity index (χ0) is 18.3. The summed E-state index contributed by atoms with van der Waals surface area (Å²) in [6, 6.07) is -0.0268. The van der Waals surface area contributed by atoms with Gasteiger partial charge in [-0.1, -0.05) is 25.7 Å². The van der Waals surface area contributed by atoms with E-state index in [0.717, 1.165) is 25.7 Å². The average Bonchev–Trinajstić information content (AvgIpc) is 3.28. The summed E-state index contributed by atoms with van der Waals surface area (Å²) in [5, 5.41) is 12.7. The molecule has 2 saturated carbocycles. The highest BCUT2D eigenvalue weighted by molar-refractivity contribution is 5.83. The Balaban J connectivity index is 1.34. The Bertz CT molecular complexity index is 604. The highest BCUT2D eigenvalue weighted by Gasteiger charge is 2.56. The molecule has 7 heteroatoms. The van der Waals surface area contributed by atoms with Crippen molar-refractivity contribution >= 4 is 17.9 Å². The van der Waals surface area contributed by atoms with Crippen LogP contribution in [0.3, 0.4) is 0 Å². The molecule has 2 aliphatic heterocycles. The van der Waals surface area contributed by atoms with Crippen LogP contribution in [-0.2, 0) is 9.59 Å². The van der Waals surface area contributed by atoms with Crippen LogP contribution in [0, 0.1) is 11.3 Å². The van der Waals surface area contributed by atoms with Gasteiger partial charge in [0.25, 0.3) is 0 Å². The first kappa shape index (κ1) is 17.6. The van der Waals surface area contributed by atoms with Crippen LogP contribution in [0.2, 0.25) is 0 Å². The van der Waals surface area contributed by atoms with Crippen LogP contribution in [0.5, 0.6) is 0 Å². The molecule has 0 radical (unpaired) electrons. The number of carboxylic acid groups (broad SMARTS) is 1. The van der Waals surface area contributed by atoms with Gasteiger partial charge in [-0.15, -0.1) is 0 Å². The Morgan fingerprint density at radius 3 is 2.54 bits per heavy atom. The number of carbonyl (C=O) groups excluding carboxylic acids is 2. The van der Waals surface area contributed by atoms with Gasteiger partial charge in [0.2, 0.25) is 5.91 Å². The summed E-state index contributed by atoms with van der Waals surface area (Å²) in [5.74, 6) is -0.563. The van der Waals surface area contributed by atoms with Gasteiger partial charge < -0.3 is 20.2 Å². The molecule has 26 heavy (non-hydrogen) atoms. The molecule has 7 nitrogen and oxygen atoms in total. The number of urea groups is 1. The van der Waals surface area contributed by atoms with Gasteiger partial charge in [-0.3, -0.25) is 9.59 Å². The zero-order valence-electron chi connectivity index (χ0n) is 15.3. The molecular formula is C19H29N3O4.